The van der Waals surface area contributed by atoms with Gasteiger partial charge in [0.25, 0.3) is 5.56 Å². The highest BCUT2D eigenvalue weighted by molar-refractivity contribution is 5.89. The van der Waals surface area contributed by atoms with E-state index < -0.39 is 0 Å². The predicted molar refractivity (Wildman–Crippen MR) is 144 cm³/mol. The number of aromatic nitrogens is 3. The second-order valence-corrected chi connectivity index (χ2v) is 10.4. The number of allylic oxidation sites excluding steroid dienone is 1. The summed E-state index contributed by atoms with van der Waals surface area (Å²) in [6.45, 7) is 6.17. The molecular formula is C27H38N8O3. The molecule has 5 aliphatic rings. The topological polar surface area (TPSA) is 122 Å². The molecule has 2 N–H and O–H groups in total. The van der Waals surface area contributed by atoms with Crippen molar-refractivity contribution < 1.29 is 9.53 Å². The van der Waals surface area contributed by atoms with Crippen LogP contribution < -0.4 is 16.3 Å². The van der Waals surface area contributed by atoms with Crippen molar-refractivity contribution in [2.75, 3.05) is 66.6 Å². The van der Waals surface area contributed by atoms with Gasteiger partial charge < -0.3 is 29.4 Å². The Labute approximate surface area is 221 Å². The molecular weight excluding hydrogens is 484 g/mol. The van der Waals surface area contributed by atoms with Crippen molar-refractivity contribution in [3.63, 3.8) is 0 Å². The molecule has 0 spiro atoms. The van der Waals surface area contributed by atoms with Crippen LogP contribution in [0.5, 0.6) is 0 Å². The minimum Gasteiger partial charge on any atom is -0.378 e. The van der Waals surface area contributed by atoms with Crippen LogP contribution in [0.4, 0.5) is 0 Å². The summed E-state index contributed by atoms with van der Waals surface area (Å²) in [4.78, 5) is 51.9. The Kier molecular flexibility index (Phi) is 8.33. The first-order chi connectivity index (χ1) is 18.5. The Hall–Kier alpha value is -3.31. The highest BCUT2D eigenvalue weighted by atomic mass is 16.5. The van der Waals surface area contributed by atoms with Gasteiger partial charge in [0, 0.05) is 76.1 Å². The summed E-state index contributed by atoms with van der Waals surface area (Å²) in [7, 11) is 3.99. The number of H-pyrrole nitrogens is 2. The number of carbonyl (C=O) groups is 1. The molecule has 0 saturated carbocycles. The van der Waals surface area contributed by atoms with Gasteiger partial charge in [0.05, 0.1) is 30.0 Å². The van der Waals surface area contributed by atoms with Crippen LogP contribution in [-0.4, -0.2) is 108 Å². The predicted octanol–water partition coefficient (Wildman–Crippen LogP) is -0.178. The minimum atomic E-state index is -0.210. The molecule has 11 heteroatoms. The fourth-order valence-corrected chi connectivity index (χ4v) is 5.56. The number of ether oxygens (including phenoxy) is 1. The van der Waals surface area contributed by atoms with Gasteiger partial charge >= 0.3 is 0 Å². The number of morpholine rings is 1. The molecule has 38 heavy (non-hydrogen) atoms. The maximum Gasteiger partial charge on any atom is 0.259 e. The van der Waals surface area contributed by atoms with E-state index in [9.17, 15) is 9.59 Å². The lowest BCUT2D eigenvalue weighted by Crippen LogP contribution is -2.42. The van der Waals surface area contributed by atoms with Gasteiger partial charge in [-0.25, -0.2) is 4.98 Å². The molecule has 1 aliphatic carbocycles. The molecule has 1 atom stereocenters. The van der Waals surface area contributed by atoms with Crippen LogP contribution in [0, 0.1) is 16.6 Å². The molecule has 1 fully saturated rings. The van der Waals surface area contributed by atoms with Crippen molar-refractivity contribution in [2.45, 2.75) is 32.1 Å². The molecule has 1 amide bonds. The molecule has 204 valence electrons. The van der Waals surface area contributed by atoms with Gasteiger partial charge in [-0.3, -0.25) is 19.6 Å². The van der Waals surface area contributed by atoms with E-state index in [0.29, 0.717) is 40.9 Å². The standard InChI is InChI=1S/C27H38N8O3/c1-33-9-3-5-23(36)34(2)10-4-8-28-25-24-21(27(37)32-26(24)31-18-30-25)16-29-20-6-7-22(19(15-20)17-33)35-11-13-38-14-12-35/h7,16,18-19H,3-6,8-15,17H2,1-2H3,(H2,28,30,31,32,37)/t19-/m0/s1. The molecule has 1 saturated heterocycles. The third-order valence-electron chi connectivity index (χ3n) is 7.62. The molecule has 0 aromatic rings. The first-order valence-corrected chi connectivity index (χ1v) is 13.6. The first kappa shape index (κ1) is 26.3. The highest BCUT2D eigenvalue weighted by Crippen LogP contribution is 2.28. The lowest BCUT2D eigenvalue weighted by Gasteiger charge is -2.38. The van der Waals surface area contributed by atoms with Gasteiger partial charge in [0.2, 0.25) is 5.91 Å². The number of aliphatic imine (C=N–C) groups is 1. The van der Waals surface area contributed by atoms with Crippen LogP contribution in [0.1, 0.15) is 32.1 Å². The molecule has 4 heterocycles. The summed E-state index contributed by atoms with van der Waals surface area (Å²) >= 11 is 0. The van der Waals surface area contributed by atoms with Crippen molar-refractivity contribution in [1.29, 1.82) is 0 Å². The van der Waals surface area contributed by atoms with E-state index in [-0.39, 0.29) is 17.4 Å². The normalized spacial score (nSPS) is 23.0. The minimum absolute atomic E-state index is 0.158. The SMILES string of the molecule is CN1CCCC(=O)N(C)CCCN=c2nc[nH]c3[nH]c(=O)c(c2=3)=CN=C2CC=C(N3CCOCC3)[C@@H](C2)C1. The Morgan fingerprint density at radius 1 is 1.08 bits per heavy atom. The number of aromatic amines is 2. The fourth-order valence-electron chi connectivity index (χ4n) is 5.56. The Bertz CT molecular complexity index is 1440. The molecule has 0 aromatic carbocycles. The van der Waals surface area contributed by atoms with Gasteiger partial charge in [-0.15, -0.1) is 0 Å². The molecule has 0 unspecified atom stereocenters. The van der Waals surface area contributed by atoms with Crippen molar-refractivity contribution in [1.82, 2.24) is 29.7 Å². The fraction of sp³-hybridized carbons (Fsp3) is 0.593. The average molecular weight is 523 g/mol. The quantitative estimate of drug-likeness (QED) is 0.536. The van der Waals surface area contributed by atoms with E-state index in [4.69, 9.17) is 9.73 Å². The van der Waals surface area contributed by atoms with Gasteiger partial charge in [0.15, 0.2) is 5.49 Å². The largest absolute Gasteiger partial charge is 0.378 e. The molecule has 4 aliphatic heterocycles. The lowest BCUT2D eigenvalue weighted by molar-refractivity contribution is -0.130. The summed E-state index contributed by atoms with van der Waals surface area (Å²) in [5.74, 6) is 0.445. The summed E-state index contributed by atoms with van der Waals surface area (Å²) in [5.41, 5.74) is 3.30. The van der Waals surface area contributed by atoms with E-state index in [1.54, 1.807) is 11.1 Å². The number of nitrogens with zero attached hydrogens (tertiary/aromatic N) is 6. The van der Waals surface area contributed by atoms with Crippen LogP contribution in [-0.2, 0) is 9.53 Å². The molecule has 0 aromatic heterocycles. The number of hydrogen-bond donors (Lipinski definition) is 2. The van der Waals surface area contributed by atoms with Crippen molar-refractivity contribution in [3.8, 4) is 0 Å². The summed E-state index contributed by atoms with van der Waals surface area (Å²) in [6.07, 6.45) is 9.17. The zero-order valence-electron chi connectivity index (χ0n) is 22.4. The van der Waals surface area contributed by atoms with Crippen LogP contribution in [0.2, 0.25) is 0 Å². The second kappa shape index (κ2) is 12.0. The molecule has 11 nitrogen and oxygen atoms in total. The number of amides is 1. The maximum atomic E-state index is 12.8. The number of hydrogen-bond acceptors (Lipinski definition) is 8. The zero-order chi connectivity index (χ0) is 26.5. The highest BCUT2D eigenvalue weighted by Gasteiger charge is 2.27. The van der Waals surface area contributed by atoms with Crippen LogP contribution in [0.3, 0.4) is 0 Å². The second-order valence-electron chi connectivity index (χ2n) is 10.4. The Morgan fingerprint density at radius 3 is 2.76 bits per heavy atom. The van der Waals surface area contributed by atoms with Gasteiger partial charge in [0.1, 0.15) is 5.48 Å². The monoisotopic (exact) mass is 522 g/mol. The molecule has 0 radical (unpaired) electrons. The van der Waals surface area contributed by atoms with Crippen molar-refractivity contribution in [3.05, 3.63) is 49.9 Å². The summed E-state index contributed by atoms with van der Waals surface area (Å²) < 4.78 is 5.59. The Balaban J connectivity index is 1.53. The number of carbonyl (C=O) groups excluding carboxylic acids is 1. The third-order valence-corrected chi connectivity index (χ3v) is 7.62. The van der Waals surface area contributed by atoms with E-state index >= 15 is 0 Å². The van der Waals surface area contributed by atoms with Crippen molar-refractivity contribution in [2.24, 2.45) is 15.9 Å². The van der Waals surface area contributed by atoms with Gasteiger partial charge in [-0.05, 0) is 32.9 Å². The van der Waals surface area contributed by atoms with Gasteiger partial charge in [-0.2, -0.15) is 0 Å². The maximum absolute atomic E-state index is 12.8. The van der Waals surface area contributed by atoms with E-state index in [2.05, 4.69) is 42.9 Å². The summed E-state index contributed by atoms with van der Waals surface area (Å²) in [6, 6.07) is 0. The number of nitrogens with one attached hydrogen (secondary N) is 2. The number of fused-ring (bicyclic) bond motifs is 2. The van der Waals surface area contributed by atoms with Crippen molar-refractivity contribution >= 4 is 17.8 Å². The first-order valence-electron chi connectivity index (χ1n) is 13.6. The van der Waals surface area contributed by atoms with Crippen LogP contribution in [0.25, 0.3) is 6.20 Å². The summed E-state index contributed by atoms with van der Waals surface area (Å²) in [5, 5.41) is 1.12. The van der Waals surface area contributed by atoms with E-state index in [1.165, 1.54) is 12.0 Å². The van der Waals surface area contributed by atoms with E-state index in [0.717, 1.165) is 70.8 Å². The number of rotatable bonds is 1. The zero-order valence-corrected chi connectivity index (χ0v) is 22.4. The smallest absolute Gasteiger partial charge is 0.259 e. The average Bonchev–Trinajstić information content (AvgIpc) is 3.25. The molecule has 2 bridgehead atoms. The lowest BCUT2D eigenvalue weighted by atomic mass is 9.89. The van der Waals surface area contributed by atoms with E-state index in [1.807, 2.05) is 7.05 Å². The van der Waals surface area contributed by atoms with Gasteiger partial charge in [-0.1, -0.05) is 6.08 Å². The molecule has 5 rings (SSSR count). The van der Waals surface area contributed by atoms with Crippen LogP contribution in [0.15, 0.2) is 32.9 Å². The van der Waals surface area contributed by atoms with Crippen LogP contribution >= 0.6 is 0 Å². The Morgan fingerprint density at radius 2 is 1.92 bits per heavy atom. The third kappa shape index (κ3) is 6.05.